The van der Waals surface area contributed by atoms with Gasteiger partial charge in [0.15, 0.2) is 0 Å². The van der Waals surface area contributed by atoms with E-state index in [4.69, 9.17) is 5.21 Å². The molecule has 0 amide bonds. The Morgan fingerprint density at radius 1 is 1.27 bits per heavy atom. The number of fused-ring (bicyclic) bond motifs is 1. The fourth-order valence-corrected chi connectivity index (χ4v) is 0.857. The zero-order valence-electron chi connectivity index (χ0n) is 5.55. The normalized spacial score (nSPS) is 9.45. The van der Waals surface area contributed by atoms with Crippen molar-refractivity contribution in [2.45, 2.75) is 0 Å². The molecule has 0 fully saturated rings. The Morgan fingerprint density at radius 2 is 2.00 bits per heavy atom. The molecule has 2 rings (SSSR count). The smallest absolute Gasteiger partial charge is 0.130 e. The number of rotatable bonds is 0. The van der Waals surface area contributed by atoms with Crippen LogP contribution in [0.3, 0.4) is 0 Å². The molecule has 0 aliphatic carbocycles. The molecule has 0 aliphatic rings. The van der Waals surface area contributed by atoms with E-state index in [1.54, 1.807) is 12.1 Å². The van der Waals surface area contributed by atoms with Crippen LogP contribution in [0.4, 0.5) is 0 Å². The van der Waals surface area contributed by atoms with Crippen LogP contribution < -0.4 is 0 Å². The maximum Gasteiger partial charge on any atom is 0.130 e. The standard InChI is InChI=1S/C6H5N3O.HO/c10-9-6-4-2-1-3-5(6)7-8-9;/h1-4,10H;1H. The summed E-state index contributed by atoms with van der Waals surface area (Å²) in [5, 5.41) is 16.1. The largest absolute Gasteiger partial charge is 0.410 e. The molecule has 1 aromatic carbocycles. The van der Waals surface area contributed by atoms with Gasteiger partial charge in [-0.15, -0.1) is 5.10 Å². The molecule has 0 saturated carbocycles. The van der Waals surface area contributed by atoms with Gasteiger partial charge in [0.2, 0.25) is 0 Å². The zero-order chi connectivity index (χ0) is 6.97. The molecular formula is C6H6N3O2. The number of nitrogens with zero attached hydrogens (tertiary/aromatic N) is 3. The lowest BCUT2D eigenvalue weighted by Crippen LogP contribution is -1.90. The molecule has 0 saturated heterocycles. The van der Waals surface area contributed by atoms with Gasteiger partial charge in [-0.3, -0.25) is 5.48 Å². The summed E-state index contributed by atoms with van der Waals surface area (Å²) in [6, 6.07) is 7.19. The third kappa shape index (κ3) is 1.01. The predicted octanol–water partition coefficient (Wildman–Crippen LogP) is 0.492. The second kappa shape index (κ2) is 2.55. The molecule has 57 valence electrons. The van der Waals surface area contributed by atoms with Crippen LogP contribution in [-0.4, -0.2) is 25.8 Å². The molecule has 1 heterocycles. The molecule has 1 aromatic heterocycles. The van der Waals surface area contributed by atoms with E-state index in [1.807, 2.05) is 12.1 Å². The van der Waals surface area contributed by atoms with Crippen LogP contribution in [0, 0.1) is 0 Å². The Bertz CT molecular complexity index is 357. The summed E-state index contributed by atoms with van der Waals surface area (Å²) in [6.07, 6.45) is 0. The van der Waals surface area contributed by atoms with Crippen molar-refractivity contribution >= 4 is 11.0 Å². The minimum absolute atomic E-state index is 0. The molecule has 0 bridgehead atoms. The average Bonchev–Trinajstić information content (AvgIpc) is 2.34. The Balaban J connectivity index is 0.000000605. The molecule has 0 aliphatic heterocycles. The van der Waals surface area contributed by atoms with Gasteiger partial charge in [0.05, 0.1) is 0 Å². The first-order valence-corrected chi connectivity index (χ1v) is 2.87. The molecule has 2 N–H and O–H groups in total. The van der Waals surface area contributed by atoms with Crippen molar-refractivity contribution in [1.29, 1.82) is 0 Å². The summed E-state index contributed by atoms with van der Waals surface area (Å²) in [7, 11) is 0. The van der Waals surface area contributed by atoms with Crippen molar-refractivity contribution in [3.05, 3.63) is 24.3 Å². The van der Waals surface area contributed by atoms with Crippen molar-refractivity contribution in [1.82, 2.24) is 15.2 Å². The van der Waals surface area contributed by atoms with Gasteiger partial charge < -0.3 is 5.21 Å². The lowest BCUT2D eigenvalue weighted by atomic mass is 10.3. The maximum atomic E-state index is 8.95. The summed E-state index contributed by atoms with van der Waals surface area (Å²) in [6.45, 7) is 0. The first-order chi connectivity index (χ1) is 4.88. The number of hydrogen-bond acceptors (Lipinski definition) is 3. The molecule has 5 nitrogen and oxygen atoms in total. The van der Waals surface area contributed by atoms with Gasteiger partial charge >= 0.3 is 0 Å². The highest BCUT2D eigenvalue weighted by molar-refractivity contribution is 5.73. The summed E-state index contributed by atoms with van der Waals surface area (Å²) in [5.41, 5.74) is 1.33. The summed E-state index contributed by atoms with van der Waals surface area (Å²) in [4.78, 5) is 0.759. The van der Waals surface area contributed by atoms with Gasteiger partial charge in [0.1, 0.15) is 11.0 Å². The van der Waals surface area contributed by atoms with Gasteiger partial charge in [0.25, 0.3) is 0 Å². The van der Waals surface area contributed by atoms with Gasteiger partial charge in [0, 0.05) is 0 Å². The van der Waals surface area contributed by atoms with E-state index < -0.39 is 0 Å². The van der Waals surface area contributed by atoms with Crippen LogP contribution in [0.25, 0.3) is 11.0 Å². The SMILES string of the molecule is On1nnc2ccccc21.[OH]. The monoisotopic (exact) mass is 152 g/mol. The van der Waals surface area contributed by atoms with Crippen molar-refractivity contribution in [3.63, 3.8) is 0 Å². The van der Waals surface area contributed by atoms with Crippen molar-refractivity contribution in [2.24, 2.45) is 0 Å². The van der Waals surface area contributed by atoms with Crippen LogP contribution in [-0.2, 0) is 0 Å². The quantitative estimate of drug-likeness (QED) is 0.539. The van der Waals surface area contributed by atoms with E-state index >= 15 is 0 Å². The molecule has 11 heavy (non-hydrogen) atoms. The lowest BCUT2D eigenvalue weighted by molar-refractivity contribution is 0.155. The van der Waals surface area contributed by atoms with E-state index in [2.05, 4.69) is 10.3 Å². The first kappa shape index (κ1) is 7.49. The topological polar surface area (TPSA) is 80.9 Å². The molecule has 1 radical (unpaired) electrons. The molecule has 5 heteroatoms. The zero-order valence-corrected chi connectivity index (χ0v) is 5.55. The van der Waals surface area contributed by atoms with Crippen LogP contribution in [0.2, 0.25) is 0 Å². The minimum Gasteiger partial charge on any atom is -0.410 e. The number of benzene rings is 1. The fraction of sp³-hybridized carbons (Fsp3) is 0. The third-order valence-corrected chi connectivity index (χ3v) is 1.33. The Hall–Kier alpha value is -1.62. The van der Waals surface area contributed by atoms with Crippen LogP contribution in [0.1, 0.15) is 0 Å². The highest BCUT2D eigenvalue weighted by atomic mass is 16.5. The number of aromatic nitrogens is 3. The van der Waals surface area contributed by atoms with E-state index in [1.165, 1.54) is 0 Å². The van der Waals surface area contributed by atoms with Crippen LogP contribution in [0.15, 0.2) is 24.3 Å². The van der Waals surface area contributed by atoms with Gasteiger partial charge in [-0.2, -0.15) is 0 Å². The van der Waals surface area contributed by atoms with Crippen molar-refractivity contribution in [2.75, 3.05) is 0 Å². The second-order valence-corrected chi connectivity index (χ2v) is 1.97. The minimum atomic E-state index is 0. The predicted molar refractivity (Wildman–Crippen MR) is 36.6 cm³/mol. The summed E-state index contributed by atoms with van der Waals surface area (Å²) in [5.74, 6) is 0. The third-order valence-electron chi connectivity index (χ3n) is 1.33. The van der Waals surface area contributed by atoms with Gasteiger partial charge in [-0.05, 0) is 17.3 Å². The Kier molecular flexibility index (Phi) is 1.74. The molecular weight excluding hydrogens is 146 g/mol. The molecule has 0 atom stereocenters. The van der Waals surface area contributed by atoms with Crippen molar-refractivity contribution in [3.8, 4) is 0 Å². The van der Waals surface area contributed by atoms with E-state index in [0.717, 1.165) is 4.85 Å². The van der Waals surface area contributed by atoms with E-state index in [-0.39, 0.29) is 5.48 Å². The molecule has 0 spiro atoms. The summed E-state index contributed by atoms with van der Waals surface area (Å²) >= 11 is 0. The average molecular weight is 152 g/mol. The first-order valence-electron chi connectivity index (χ1n) is 2.87. The van der Waals surface area contributed by atoms with Crippen LogP contribution >= 0.6 is 0 Å². The molecule has 0 unspecified atom stereocenters. The van der Waals surface area contributed by atoms with Crippen molar-refractivity contribution < 1.29 is 10.7 Å². The van der Waals surface area contributed by atoms with E-state index in [0.29, 0.717) is 11.0 Å². The highest BCUT2D eigenvalue weighted by Crippen LogP contribution is 2.06. The van der Waals surface area contributed by atoms with Gasteiger partial charge in [-0.1, -0.05) is 17.0 Å². The van der Waals surface area contributed by atoms with Gasteiger partial charge in [-0.25, -0.2) is 0 Å². The molecule has 2 aromatic rings. The number of hydrogen-bond donors (Lipinski definition) is 2. The Morgan fingerprint density at radius 3 is 2.73 bits per heavy atom. The Labute approximate surface area is 62.1 Å². The fourth-order valence-electron chi connectivity index (χ4n) is 0.857. The maximum absolute atomic E-state index is 8.95. The van der Waals surface area contributed by atoms with E-state index in [9.17, 15) is 0 Å². The highest BCUT2D eigenvalue weighted by Gasteiger charge is 1.98. The summed E-state index contributed by atoms with van der Waals surface area (Å²) < 4.78 is 0. The lowest BCUT2D eigenvalue weighted by Gasteiger charge is -1.85. The van der Waals surface area contributed by atoms with Crippen LogP contribution in [0.5, 0.6) is 0 Å². The number of para-hydroxylation sites is 1. The second-order valence-electron chi connectivity index (χ2n) is 1.97.